The number of rotatable bonds is 4. The van der Waals surface area contributed by atoms with Gasteiger partial charge in [-0.15, -0.1) is 0 Å². The standard InChI is InChI=1S/C10H19NO3/c1-13-10(12)8-14-7-9-4-2-3-5-11-6-9/h9,11H,2-8H2,1H3. The molecule has 1 N–H and O–H groups in total. The minimum Gasteiger partial charge on any atom is -0.467 e. The molecule has 4 heteroatoms. The first-order valence-corrected chi connectivity index (χ1v) is 5.18. The number of esters is 1. The molecule has 1 atom stereocenters. The van der Waals surface area contributed by atoms with Crippen LogP contribution in [-0.4, -0.2) is 39.4 Å². The van der Waals surface area contributed by atoms with Crippen LogP contribution in [0.4, 0.5) is 0 Å². The summed E-state index contributed by atoms with van der Waals surface area (Å²) in [6.07, 6.45) is 3.68. The first-order chi connectivity index (χ1) is 6.83. The van der Waals surface area contributed by atoms with Crippen LogP contribution in [0, 0.1) is 5.92 Å². The van der Waals surface area contributed by atoms with E-state index in [2.05, 4.69) is 10.1 Å². The molecular weight excluding hydrogens is 182 g/mol. The van der Waals surface area contributed by atoms with E-state index in [0.717, 1.165) is 13.1 Å². The summed E-state index contributed by atoms with van der Waals surface area (Å²) in [6, 6.07) is 0. The molecule has 0 saturated carbocycles. The summed E-state index contributed by atoms with van der Waals surface area (Å²) in [5, 5.41) is 3.35. The van der Waals surface area contributed by atoms with Crippen molar-refractivity contribution >= 4 is 5.97 Å². The first kappa shape index (κ1) is 11.5. The lowest BCUT2D eigenvalue weighted by Gasteiger charge is -2.13. The van der Waals surface area contributed by atoms with Crippen molar-refractivity contribution < 1.29 is 14.3 Å². The van der Waals surface area contributed by atoms with Gasteiger partial charge in [0.05, 0.1) is 13.7 Å². The SMILES string of the molecule is COC(=O)COCC1CCCCNC1. The molecule has 1 unspecified atom stereocenters. The van der Waals surface area contributed by atoms with E-state index in [1.807, 2.05) is 0 Å². The topological polar surface area (TPSA) is 47.6 Å². The molecular formula is C10H19NO3. The van der Waals surface area contributed by atoms with Crippen LogP contribution in [0.3, 0.4) is 0 Å². The molecule has 82 valence electrons. The maximum atomic E-state index is 10.8. The third-order valence-corrected chi connectivity index (χ3v) is 2.45. The number of hydrogen-bond acceptors (Lipinski definition) is 4. The van der Waals surface area contributed by atoms with Crippen molar-refractivity contribution in [1.82, 2.24) is 5.32 Å². The third kappa shape index (κ3) is 4.58. The van der Waals surface area contributed by atoms with E-state index in [-0.39, 0.29) is 12.6 Å². The molecule has 14 heavy (non-hydrogen) atoms. The maximum absolute atomic E-state index is 10.8. The van der Waals surface area contributed by atoms with Gasteiger partial charge in [-0.05, 0) is 25.3 Å². The lowest BCUT2D eigenvalue weighted by Crippen LogP contribution is -2.25. The van der Waals surface area contributed by atoms with E-state index in [0.29, 0.717) is 12.5 Å². The molecule has 0 amide bonds. The molecule has 0 aromatic rings. The van der Waals surface area contributed by atoms with Gasteiger partial charge in [0.25, 0.3) is 0 Å². The molecule has 0 spiro atoms. The third-order valence-electron chi connectivity index (χ3n) is 2.45. The zero-order valence-electron chi connectivity index (χ0n) is 8.75. The van der Waals surface area contributed by atoms with E-state index >= 15 is 0 Å². The Morgan fingerprint density at radius 3 is 3.14 bits per heavy atom. The zero-order valence-corrected chi connectivity index (χ0v) is 8.75. The van der Waals surface area contributed by atoms with Gasteiger partial charge in [0.15, 0.2) is 0 Å². The summed E-state index contributed by atoms with van der Waals surface area (Å²) < 4.78 is 9.75. The first-order valence-electron chi connectivity index (χ1n) is 5.18. The van der Waals surface area contributed by atoms with Gasteiger partial charge in [0.2, 0.25) is 0 Å². The smallest absolute Gasteiger partial charge is 0.331 e. The summed E-state index contributed by atoms with van der Waals surface area (Å²) in [5.74, 6) is 0.244. The highest BCUT2D eigenvalue weighted by atomic mass is 16.6. The Hall–Kier alpha value is -0.610. The number of methoxy groups -OCH3 is 1. The fourth-order valence-electron chi connectivity index (χ4n) is 1.60. The van der Waals surface area contributed by atoms with Crippen molar-refractivity contribution in [3.63, 3.8) is 0 Å². The van der Waals surface area contributed by atoms with Gasteiger partial charge >= 0.3 is 5.97 Å². The van der Waals surface area contributed by atoms with E-state index in [1.165, 1.54) is 26.4 Å². The second-order valence-electron chi connectivity index (χ2n) is 3.66. The molecule has 4 nitrogen and oxygen atoms in total. The molecule has 0 aliphatic carbocycles. The summed E-state index contributed by atoms with van der Waals surface area (Å²) in [6.45, 7) is 2.84. The van der Waals surface area contributed by atoms with E-state index in [4.69, 9.17) is 4.74 Å². The Kier molecular flexibility index (Phi) is 5.56. The quantitative estimate of drug-likeness (QED) is 0.675. The van der Waals surface area contributed by atoms with Crippen molar-refractivity contribution in [3.05, 3.63) is 0 Å². The maximum Gasteiger partial charge on any atom is 0.331 e. The van der Waals surface area contributed by atoms with Gasteiger partial charge in [-0.1, -0.05) is 6.42 Å². The molecule has 1 aliphatic rings. The largest absolute Gasteiger partial charge is 0.467 e. The summed E-state index contributed by atoms with van der Waals surface area (Å²) in [5.41, 5.74) is 0. The lowest BCUT2D eigenvalue weighted by molar-refractivity contribution is -0.146. The van der Waals surface area contributed by atoms with E-state index < -0.39 is 0 Å². The van der Waals surface area contributed by atoms with E-state index in [9.17, 15) is 4.79 Å². The van der Waals surface area contributed by atoms with Gasteiger partial charge in [-0.2, -0.15) is 0 Å². The monoisotopic (exact) mass is 201 g/mol. The lowest BCUT2D eigenvalue weighted by atomic mass is 10.1. The number of carbonyl (C=O) groups excluding carboxylic acids is 1. The Bertz CT molecular complexity index is 165. The molecule has 0 aromatic carbocycles. The molecule has 1 aliphatic heterocycles. The number of hydrogen-bond donors (Lipinski definition) is 1. The minimum absolute atomic E-state index is 0.0764. The van der Waals surface area contributed by atoms with Crippen LogP contribution >= 0.6 is 0 Å². The average molecular weight is 201 g/mol. The summed E-state index contributed by atoms with van der Waals surface area (Å²) in [4.78, 5) is 10.8. The predicted molar refractivity (Wildman–Crippen MR) is 53.0 cm³/mol. The zero-order chi connectivity index (χ0) is 10.2. The fraction of sp³-hybridized carbons (Fsp3) is 0.900. The van der Waals surface area contributed by atoms with Crippen molar-refractivity contribution in [1.29, 1.82) is 0 Å². The Morgan fingerprint density at radius 2 is 2.36 bits per heavy atom. The Labute approximate surface area is 85.0 Å². The Balaban J connectivity index is 2.07. The molecule has 0 radical (unpaired) electrons. The van der Waals surface area contributed by atoms with Crippen LogP contribution in [0.15, 0.2) is 0 Å². The van der Waals surface area contributed by atoms with Crippen molar-refractivity contribution in [2.45, 2.75) is 19.3 Å². The Morgan fingerprint density at radius 1 is 1.50 bits per heavy atom. The fourth-order valence-corrected chi connectivity index (χ4v) is 1.60. The van der Waals surface area contributed by atoms with Crippen LogP contribution in [0.2, 0.25) is 0 Å². The van der Waals surface area contributed by atoms with Crippen molar-refractivity contribution in [2.75, 3.05) is 33.4 Å². The molecule has 1 rings (SSSR count). The van der Waals surface area contributed by atoms with Gasteiger partial charge in [-0.25, -0.2) is 4.79 Å². The number of nitrogens with one attached hydrogen (secondary N) is 1. The minimum atomic E-state index is -0.299. The van der Waals surface area contributed by atoms with Gasteiger partial charge < -0.3 is 14.8 Å². The normalized spacial score (nSPS) is 22.8. The second kappa shape index (κ2) is 6.79. The van der Waals surface area contributed by atoms with Gasteiger partial charge in [0, 0.05) is 6.54 Å². The van der Waals surface area contributed by atoms with Crippen LogP contribution < -0.4 is 5.32 Å². The highest BCUT2D eigenvalue weighted by Gasteiger charge is 2.12. The van der Waals surface area contributed by atoms with Crippen LogP contribution in [0.1, 0.15) is 19.3 Å². The predicted octanol–water partition coefficient (Wildman–Crippen LogP) is 0.566. The number of carbonyl (C=O) groups is 1. The second-order valence-corrected chi connectivity index (χ2v) is 3.66. The van der Waals surface area contributed by atoms with Crippen molar-refractivity contribution in [3.8, 4) is 0 Å². The van der Waals surface area contributed by atoms with Crippen molar-refractivity contribution in [2.24, 2.45) is 5.92 Å². The van der Waals surface area contributed by atoms with Crippen LogP contribution in [-0.2, 0) is 14.3 Å². The van der Waals surface area contributed by atoms with Gasteiger partial charge in [0.1, 0.15) is 6.61 Å². The molecule has 0 bridgehead atoms. The highest BCUT2D eigenvalue weighted by Crippen LogP contribution is 2.11. The molecule has 1 saturated heterocycles. The summed E-state index contributed by atoms with van der Waals surface area (Å²) >= 11 is 0. The highest BCUT2D eigenvalue weighted by molar-refractivity contribution is 5.70. The molecule has 1 heterocycles. The van der Waals surface area contributed by atoms with Crippen LogP contribution in [0.5, 0.6) is 0 Å². The van der Waals surface area contributed by atoms with E-state index in [1.54, 1.807) is 0 Å². The van der Waals surface area contributed by atoms with Gasteiger partial charge in [-0.3, -0.25) is 0 Å². The average Bonchev–Trinajstić information content (AvgIpc) is 2.46. The molecule has 1 fully saturated rings. The van der Waals surface area contributed by atoms with Crippen LogP contribution in [0.25, 0.3) is 0 Å². The number of ether oxygens (including phenoxy) is 2. The summed E-state index contributed by atoms with van der Waals surface area (Å²) in [7, 11) is 1.37. The molecule has 0 aromatic heterocycles.